The van der Waals surface area contributed by atoms with E-state index in [-0.39, 0.29) is 16.5 Å². The second-order valence-electron chi connectivity index (χ2n) is 4.74. The second-order valence-corrected chi connectivity index (χ2v) is 5.15. The predicted molar refractivity (Wildman–Crippen MR) is 87.7 cm³/mol. The molecule has 0 aliphatic rings. The van der Waals surface area contributed by atoms with E-state index in [9.17, 15) is 14.4 Å². The maximum absolute atomic E-state index is 12.0. The molecule has 1 rings (SSSR count). The van der Waals surface area contributed by atoms with Gasteiger partial charge in [-0.3, -0.25) is 4.79 Å². The first-order valence-electron chi connectivity index (χ1n) is 7.09. The number of methoxy groups -OCH3 is 1. The molecular formula is C15H20ClN3O4. The number of amides is 3. The Hall–Kier alpha value is -2.28. The summed E-state index contributed by atoms with van der Waals surface area (Å²) in [5.74, 6) is -0.824. The number of hydrogen-bond donors (Lipinski definition) is 3. The van der Waals surface area contributed by atoms with E-state index in [1.54, 1.807) is 0 Å². The number of benzene rings is 1. The van der Waals surface area contributed by atoms with Crippen LogP contribution in [0.1, 0.15) is 30.1 Å². The van der Waals surface area contributed by atoms with Crippen molar-refractivity contribution in [3.63, 3.8) is 0 Å². The van der Waals surface area contributed by atoms with Crippen LogP contribution >= 0.6 is 11.6 Å². The maximum atomic E-state index is 12.0. The Bertz CT molecular complexity index is 592. The van der Waals surface area contributed by atoms with E-state index in [4.69, 9.17) is 11.6 Å². The van der Waals surface area contributed by atoms with Crippen molar-refractivity contribution in [1.29, 1.82) is 0 Å². The molecule has 7 nitrogen and oxygen atoms in total. The average molecular weight is 342 g/mol. The van der Waals surface area contributed by atoms with E-state index in [0.717, 1.165) is 6.42 Å². The van der Waals surface area contributed by atoms with E-state index in [2.05, 4.69) is 20.7 Å². The first-order valence-corrected chi connectivity index (χ1v) is 7.47. The molecule has 0 fully saturated rings. The molecule has 0 heterocycles. The molecule has 0 saturated heterocycles. The number of carbonyl (C=O) groups excluding carboxylic acids is 3. The molecule has 0 aliphatic carbocycles. The van der Waals surface area contributed by atoms with Crippen LogP contribution in [0.4, 0.5) is 10.5 Å². The molecule has 23 heavy (non-hydrogen) atoms. The highest BCUT2D eigenvalue weighted by atomic mass is 35.5. The largest absolute Gasteiger partial charge is 0.465 e. The molecule has 0 unspecified atom stereocenters. The molecule has 0 aromatic heterocycles. The Morgan fingerprint density at radius 3 is 2.52 bits per heavy atom. The minimum absolute atomic E-state index is 0.158. The number of nitrogens with one attached hydrogen (secondary N) is 3. The molecule has 0 aliphatic heterocycles. The Morgan fingerprint density at radius 1 is 1.30 bits per heavy atom. The Kier molecular flexibility index (Phi) is 7.34. The first kappa shape index (κ1) is 18.8. The average Bonchev–Trinajstić information content (AvgIpc) is 2.53. The fraction of sp³-hybridized carbons (Fsp3) is 0.400. The molecular weight excluding hydrogens is 322 g/mol. The van der Waals surface area contributed by atoms with Crippen molar-refractivity contribution in [3.8, 4) is 0 Å². The molecule has 0 radical (unpaired) electrons. The van der Waals surface area contributed by atoms with Crippen molar-refractivity contribution in [3.05, 3.63) is 28.8 Å². The Labute approximate surface area is 139 Å². The van der Waals surface area contributed by atoms with Gasteiger partial charge in [0, 0.05) is 12.7 Å². The third-order valence-corrected chi connectivity index (χ3v) is 3.39. The summed E-state index contributed by atoms with van der Waals surface area (Å²) in [6.45, 7) is 1.92. The standard InChI is InChI=1S/C15H20ClN3O4/c1-4-5-12(13(20)17-2)19-15(22)18-9-6-7-10(11(16)8-9)14(21)23-3/h6-8,12H,4-5H2,1-3H3,(H,17,20)(H2,18,19,22)/t12-/m1/s1. The summed E-state index contributed by atoms with van der Waals surface area (Å²) in [6.07, 6.45) is 1.27. The van der Waals surface area contributed by atoms with Gasteiger partial charge in [0.05, 0.1) is 17.7 Å². The van der Waals surface area contributed by atoms with E-state index in [1.807, 2.05) is 6.92 Å². The van der Waals surface area contributed by atoms with Crippen molar-refractivity contribution >= 4 is 35.2 Å². The zero-order valence-electron chi connectivity index (χ0n) is 13.2. The summed E-state index contributed by atoms with van der Waals surface area (Å²) >= 11 is 5.98. The number of ether oxygens (including phenoxy) is 1. The topological polar surface area (TPSA) is 96.5 Å². The zero-order chi connectivity index (χ0) is 17.4. The molecule has 3 amide bonds. The van der Waals surface area contributed by atoms with Gasteiger partial charge in [-0.25, -0.2) is 9.59 Å². The highest BCUT2D eigenvalue weighted by Crippen LogP contribution is 2.21. The van der Waals surface area contributed by atoms with Gasteiger partial charge in [0.1, 0.15) is 6.04 Å². The second kappa shape index (κ2) is 8.99. The lowest BCUT2D eigenvalue weighted by Gasteiger charge is -2.17. The fourth-order valence-electron chi connectivity index (χ4n) is 1.93. The number of rotatable bonds is 6. The molecule has 8 heteroatoms. The van der Waals surface area contributed by atoms with Crippen molar-refractivity contribution in [1.82, 2.24) is 10.6 Å². The minimum Gasteiger partial charge on any atom is -0.465 e. The number of esters is 1. The minimum atomic E-state index is -0.616. The molecule has 0 bridgehead atoms. The molecule has 0 spiro atoms. The van der Waals surface area contributed by atoms with Crippen LogP contribution in [0.25, 0.3) is 0 Å². The lowest BCUT2D eigenvalue weighted by molar-refractivity contribution is -0.122. The molecule has 0 saturated carbocycles. The van der Waals surface area contributed by atoms with Gasteiger partial charge in [-0.15, -0.1) is 0 Å². The third-order valence-electron chi connectivity index (χ3n) is 3.08. The van der Waals surface area contributed by atoms with E-state index in [1.165, 1.54) is 32.4 Å². The summed E-state index contributed by atoms with van der Waals surface area (Å²) in [5.41, 5.74) is 0.599. The van der Waals surface area contributed by atoms with Crippen LogP contribution in [0.5, 0.6) is 0 Å². The monoisotopic (exact) mass is 341 g/mol. The Balaban J connectivity index is 2.75. The van der Waals surface area contributed by atoms with Crippen molar-refractivity contribution < 1.29 is 19.1 Å². The van der Waals surface area contributed by atoms with Crippen LogP contribution in [-0.2, 0) is 9.53 Å². The third kappa shape index (κ3) is 5.45. The highest BCUT2D eigenvalue weighted by Gasteiger charge is 2.19. The van der Waals surface area contributed by atoms with Gasteiger partial charge in [-0.2, -0.15) is 0 Å². The Morgan fingerprint density at radius 2 is 2.00 bits per heavy atom. The lowest BCUT2D eigenvalue weighted by atomic mass is 10.1. The molecule has 1 atom stereocenters. The highest BCUT2D eigenvalue weighted by molar-refractivity contribution is 6.34. The first-order chi connectivity index (χ1) is 10.9. The van der Waals surface area contributed by atoms with Crippen LogP contribution in [0.2, 0.25) is 5.02 Å². The number of carbonyl (C=O) groups is 3. The van der Waals surface area contributed by atoms with Gasteiger partial charge < -0.3 is 20.7 Å². The normalized spacial score (nSPS) is 11.3. The SMILES string of the molecule is CCC[C@@H](NC(=O)Nc1ccc(C(=O)OC)c(Cl)c1)C(=O)NC. The van der Waals surface area contributed by atoms with Crippen LogP contribution in [-0.4, -0.2) is 38.1 Å². The molecule has 1 aromatic rings. The van der Waals surface area contributed by atoms with E-state index >= 15 is 0 Å². The molecule has 126 valence electrons. The van der Waals surface area contributed by atoms with Crippen LogP contribution < -0.4 is 16.0 Å². The number of urea groups is 1. The van der Waals surface area contributed by atoms with Crippen LogP contribution in [0.15, 0.2) is 18.2 Å². The molecule has 1 aromatic carbocycles. The van der Waals surface area contributed by atoms with E-state index < -0.39 is 18.0 Å². The van der Waals surface area contributed by atoms with Crippen molar-refractivity contribution in [2.45, 2.75) is 25.8 Å². The van der Waals surface area contributed by atoms with Gasteiger partial charge in [-0.1, -0.05) is 24.9 Å². The summed E-state index contributed by atoms with van der Waals surface area (Å²) in [4.78, 5) is 35.1. The van der Waals surface area contributed by atoms with Gasteiger partial charge in [-0.05, 0) is 24.6 Å². The van der Waals surface area contributed by atoms with Crippen molar-refractivity contribution in [2.24, 2.45) is 0 Å². The molecule has 3 N–H and O–H groups in total. The lowest BCUT2D eigenvalue weighted by Crippen LogP contribution is -2.47. The zero-order valence-corrected chi connectivity index (χ0v) is 14.0. The van der Waals surface area contributed by atoms with Crippen molar-refractivity contribution in [2.75, 3.05) is 19.5 Å². The van der Waals surface area contributed by atoms with E-state index in [0.29, 0.717) is 12.1 Å². The number of hydrogen-bond acceptors (Lipinski definition) is 4. The van der Waals surface area contributed by atoms with Gasteiger partial charge in [0.25, 0.3) is 0 Å². The quantitative estimate of drug-likeness (QED) is 0.691. The smallest absolute Gasteiger partial charge is 0.339 e. The summed E-state index contributed by atoms with van der Waals surface area (Å²) < 4.78 is 4.59. The van der Waals surface area contributed by atoms with Gasteiger partial charge in [0.2, 0.25) is 5.91 Å². The number of halogens is 1. The summed E-state index contributed by atoms with van der Waals surface area (Å²) in [5, 5.41) is 7.82. The number of anilines is 1. The summed E-state index contributed by atoms with van der Waals surface area (Å²) in [7, 11) is 2.76. The van der Waals surface area contributed by atoms with Gasteiger partial charge in [0.15, 0.2) is 0 Å². The predicted octanol–water partition coefficient (Wildman–Crippen LogP) is 2.16. The van der Waals surface area contributed by atoms with Crippen LogP contribution in [0, 0.1) is 0 Å². The van der Waals surface area contributed by atoms with Crippen LogP contribution in [0.3, 0.4) is 0 Å². The summed E-state index contributed by atoms with van der Waals surface area (Å²) in [6, 6.07) is 3.25. The fourth-order valence-corrected chi connectivity index (χ4v) is 2.18. The van der Waals surface area contributed by atoms with Gasteiger partial charge >= 0.3 is 12.0 Å². The maximum Gasteiger partial charge on any atom is 0.339 e. The number of likely N-dealkylation sites (N-methyl/N-ethyl adjacent to an activating group) is 1.